The maximum atomic E-state index is 11.6. The molecule has 0 spiro atoms. The number of hydrogen-bond acceptors (Lipinski definition) is 4. The normalized spacial score (nSPS) is 11.4. The van der Waals surface area contributed by atoms with Gasteiger partial charge in [-0.3, -0.25) is 4.79 Å². The minimum atomic E-state index is -0.106. The van der Waals surface area contributed by atoms with Crippen molar-refractivity contribution < 1.29 is 19.0 Å². The van der Waals surface area contributed by atoms with Gasteiger partial charge in [0.2, 0.25) is 0 Å². The third-order valence-corrected chi connectivity index (χ3v) is 4.71. The van der Waals surface area contributed by atoms with Crippen LogP contribution in [0.25, 0.3) is 0 Å². The van der Waals surface area contributed by atoms with E-state index in [2.05, 4.69) is 19.1 Å². The minimum Gasteiger partial charge on any atom is -0.463 e. The van der Waals surface area contributed by atoms with Crippen LogP contribution in [0.4, 0.5) is 0 Å². The molecule has 0 saturated carbocycles. The van der Waals surface area contributed by atoms with Gasteiger partial charge in [-0.05, 0) is 39.0 Å². The summed E-state index contributed by atoms with van der Waals surface area (Å²) < 4.78 is 15.6. The van der Waals surface area contributed by atoms with E-state index in [0.717, 1.165) is 12.8 Å². The Morgan fingerprint density at radius 1 is 0.643 bits per heavy atom. The van der Waals surface area contributed by atoms with Crippen molar-refractivity contribution in [3.63, 3.8) is 0 Å². The number of carbonyl (C=O) groups excluding carboxylic acids is 1. The molecule has 4 heteroatoms. The fourth-order valence-corrected chi connectivity index (χ4v) is 2.99. The van der Waals surface area contributed by atoms with Crippen LogP contribution in [0.5, 0.6) is 0 Å². The zero-order valence-corrected chi connectivity index (χ0v) is 18.7. The maximum absolute atomic E-state index is 11.6. The van der Waals surface area contributed by atoms with Crippen LogP contribution >= 0.6 is 0 Å². The summed E-state index contributed by atoms with van der Waals surface area (Å²) in [5.41, 5.74) is 0. The second-order valence-electron chi connectivity index (χ2n) is 7.36. The number of hydrogen-bond donors (Lipinski definition) is 0. The largest absolute Gasteiger partial charge is 0.463 e. The molecule has 0 atom stereocenters. The Labute approximate surface area is 174 Å². The van der Waals surface area contributed by atoms with Crippen molar-refractivity contribution >= 4 is 5.97 Å². The van der Waals surface area contributed by atoms with E-state index in [-0.39, 0.29) is 5.97 Å². The topological polar surface area (TPSA) is 44.8 Å². The van der Waals surface area contributed by atoms with E-state index in [9.17, 15) is 4.79 Å². The number of unbranched alkanes of at least 4 members (excludes halogenated alkanes) is 11. The Balaban J connectivity index is 3.19. The number of esters is 1. The van der Waals surface area contributed by atoms with Gasteiger partial charge in [-0.2, -0.15) is 0 Å². The number of rotatable bonds is 22. The third-order valence-electron chi connectivity index (χ3n) is 4.71. The summed E-state index contributed by atoms with van der Waals surface area (Å²) in [7, 11) is 0. The minimum absolute atomic E-state index is 0.106. The summed E-state index contributed by atoms with van der Waals surface area (Å²) >= 11 is 0. The fraction of sp³-hybridized carbons (Fsp3) is 0.875. The van der Waals surface area contributed by atoms with Gasteiger partial charge in [0.15, 0.2) is 0 Å². The molecule has 0 unspecified atom stereocenters. The molecule has 4 nitrogen and oxygen atoms in total. The Morgan fingerprint density at radius 2 is 1.18 bits per heavy atom. The van der Waals surface area contributed by atoms with Gasteiger partial charge >= 0.3 is 5.97 Å². The van der Waals surface area contributed by atoms with Crippen LogP contribution in [0.2, 0.25) is 0 Å². The summed E-state index contributed by atoms with van der Waals surface area (Å²) in [4.78, 5) is 11.6. The first kappa shape index (κ1) is 27.1. The van der Waals surface area contributed by atoms with Crippen LogP contribution in [0, 0.1) is 0 Å². The highest BCUT2D eigenvalue weighted by Crippen LogP contribution is 2.10. The fourth-order valence-electron chi connectivity index (χ4n) is 2.99. The predicted octanol–water partition coefficient (Wildman–Crippen LogP) is 6.62. The molecule has 0 heterocycles. The standard InChI is InChI=1S/C24H46O4/c1-3-5-6-7-8-9-10-11-12-13-14-15-16-17-18-19-24(25)28-23-22-27-21-20-26-4-2/h11-12H,3-10,13-23H2,1-2H3/b12-11-. The molecule has 0 aromatic carbocycles. The lowest BCUT2D eigenvalue weighted by molar-refractivity contribution is -0.145. The van der Waals surface area contributed by atoms with Crippen LogP contribution < -0.4 is 0 Å². The Kier molecular flexibility index (Phi) is 23.4. The van der Waals surface area contributed by atoms with Gasteiger partial charge in [-0.25, -0.2) is 0 Å². The lowest BCUT2D eigenvalue weighted by Gasteiger charge is -2.06. The molecule has 0 aliphatic carbocycles. The first-order valence-corrected chi connectivity index (χ1v) is 11.8. The quantitative estimate of drug-likeness (QED) is 0.117. The molecular formula is C24H46O4. The molecule has 0 bridgehead atoms. The predicted molar refractivity (Wildman–Crippen MR) is 118 cm³/mol. The molecule has 0 N–H and O–H groups in total. The highest BCUT2D eigenvalue weighted by atomic mass is 16.6. The van der Waals surface area contributed by atoms with E-state index in [1.165, 1.54) is 70.6 Å². The van der Waals surface area contributed by atoms with Gasteiger partial charge < -0.3 is 14.2 Å². The molecule has 0 amide bonds. The van der Waals surface area contributed by atoms with E-state index in [1.807, 2.05) is 6.92 Å². The Hall–Kier alpha value is -0.870. The molecule has 0 rings (SSSR count). The molecule has 0 aliphatic heterocycles. The molecule has 0 aromatic heterocycles. The van der Waals surface area contributed by atoms with Crippen LogP contribution in [0.1, 0.15) is 104 Å². The van der Waals surface area contributed by atoms with E-state index in [0.29, 0.717) is 39.5 Å². The summed E-state index contributed by atoms with van der Waals surface area (Å²) in [6.45, 7) is 6.87. The molecule has 0 aliphatic rings. The van der Waals surface area contributed by atoms with Gasteiger partial charge in [0, 0.05) is 13.0 Å². The molecular weight excluding hydrogens is 352 g/mol. The van der Waals surface area contributed by atoms with E-state index >= 15 is 0 Å². The van der Waals surface area contributed by atoms with E-state index in [4.69, 9.17) is 14.2 Å². The average molecular weight is 399 g/mol. The van der Waals surface area contributed by atoms with Crippen molar-refractivity contribution in [3.8, 4) is 0 Å². The second-order valence-corrected chi connectivity index (χ2v) is 7.36. The van der Waals surface area contributed by atoms with Gasteiger partial charge in [0.05, 0.1) is 19.8 Å². The lowest BCUT2D eigenvalue weighted by atomic mass is 10.1. The van der Waals surface area contributed by atoms with Crippen molar-refractivity contribution in [2.24, 2.45) is 0 Å². The van der Waals surface area contributed by atoms with Crippen molar-refractivity contribution in [1.29, 1.82) is 0 Å². The van der Waals surface area contributed by atoms with Crippen LogP contribution in [0.3, 0.4) is 0 Å². The van der Waals surface area contributed by atoms with E-state index in [1.54, 1.807) is 0 Å². The Morgan fingerprint density at radius 3 is 1.82 bits per heavy atom. The molecule has 0 radical (unpaired) electrons. The highest BCUT2D eigenvalue weighted by Gasteiger charge is 2.02. The molecule has 0 aromatic rings. The smallest absolute Gasteiger partial charge is 0.305 e. The van der Waals surface area contributed by atoms with Crippen molar-refractivity contribution in [1.82, 2.24) is 0 Å². The zero-order valence-electron chi connectivity index (χ0n) is 18.7. The third kappa shape index (κ3) is 23.2. The first-order valence-electron chi connectivity index (χ1n) is 11.8. The second kappa shape index (κ2) is 24.2. The summed E-state index contributed by atoms with van der Waals surface area (Å²) in [6, 6.07) is 0. The summed E-state index contributed by atoms with van der Waals surface area (Å²) in [6.07, 6.45) is 21.7. The average Bonchev–Trinajstić information content (AvgIpc) is 2.70. The molecule has 0 fully saturated rings. The van der Waals surface area contributed by atoms with Gasteiger partial charge in [-0.15, -0.1) is 0 Å². The first-order chi connectivity index (χ1) is 13.8. The zero-order chi connectivity index (χ0) is 20.5. The van der Waals surface area contributed by atoms with Crippen molar-refractivity contribution in [2.45, 2.75) is 104 Å². The highest BCUT2D eigenvalue weighted by molar-refractivity contribution is 5.69. The van der Waals surface area contributed by atoms with Crippen LogP contribution in [-0.4, -0.2) is 39.0 Å². The molecule has 166 valence electrons. The summed E-state index contributed by atoms with van der Waals surface area (Å²) in [5, 5.41) is 0. The lowest BCUT2D eigenvalue weighted by Crippen LogP contribution is -2.12. The van der Waals surface area contributed by atoms with Gasteiger partial charge in [0.1, 0.15) is 6.61 Å². The van der Waals surface area contributed by atoms with Crippen LogP contribution in [-0.2, 0) is 19.0 Å². The van der Waals surface area contributed by atoms with Gasteiger partial charge in [-0.1, -0.05) is 70.4 Å². The van der Waals surface area contributed by atoms with Gasteiger partial charge in [0.25, 0.3) is 0 Å². The monoisotopic (exact) mass is 398 g/mol. The maximum Gasteiger partial charge on any atom is 0.305 e. The number of carbonyl (C=O) groups is 1. The number of ether oxygens (including phenoxy) is 3. The number of allylic oxidation sites excluding steroid dienone is 2. The van der Waals surface area contributed by atoms with Crippen molar-refractivity contribution in [2.75, 3.05) is 33.0 Å². The van der Waals surface area contributed by atoms with Crippen molar-refractivity contribution in [3.05, 3.63) is 12.2 Å². The molecule has 28 heavy (non-hydrogen) atoms. The van der Waals surface area contributed by atoms with Crippen LogP contribution in [0.15, 0.2) is 12.2 Å². The van der Waals surface area contributed by atoms with E-state index < -0.39 is 0 Å². The SMILES string of the molecule is CCCCCCCC/C=C\CCCCCCCC(=O)OCCOCCOCC. The molecule has 0 saturated heterocycles. The Bertz CT molecular complexity index is 341. The summed E-state index contributed by atoms with van der Waals surface area (Å²) in [5.74, 6) is -0.106.